The SMILES string of the molecule is O=C(C=CCl)Nc1ccc2ncnc(Nc3ccc4cccnc4c3)c2c1. The third-order valence-corrected chi connectivity index (χ3v) is 4.11. The Balaban J connectivity index is 1.70. The fraction of sp³-hybridized carbons (Fsp3) is 0. The van der Waals surface area contributed by atoms with Crippen LogP contribution in [0.2, 0.25) is 0 Å². The molecular formula is C20H14ClN5O. The Morgan fingerprint density at radius 1 is 0.963 bits per heavy atom. The molecule has 0 spiro atoms. The lowest BCUT2D eigenvalue weighted by Gasteiger charge is -2.10. The van der Waals surface area contributed by atoms with Gasteiger partial charge in [0.15, 0.2) is 0 Å². The first-order chi connectivity index (χ1) is 13.2. The van der Waals surface area contributed by atoms with E-state index in [1.54, 1.807) is 12.3 Å². The zero-order valence-corrected chi connectivity index (χ0v) is 14.8. The highest BCUT2D eigenvalue weighted by Gasteiger charge is 2.07. The lowest BCUT2D eigenvalue weighted by atomic mass is 10.2. The Labute approximate surface area is 159 Å². The van der Waals surface area contributed by atoms with E-state index < -0.39 is 0 Å². The number of hydrogen-bond acceptors (Lipinski definition) is 5. The Morgan fingerprint density at radius 3 is 2.74 bits per heavy atom. The van der Waals surface area contributed by atoms with Gasteiger partial charge in [0.05, 0.1) is 11.0 Å². The molecule has 0 atom stereocenters. The second kappa shape index (κ2) is 7.39. The molecule has 0 aliphatic heterocycles. The molecule has 2 aromatic carbocycles. The number of rotatable bonds is 4. The van der Waals surface area contributed by atoms with Crippen molar-refractivity contribution < 1.29 is 4.79 Å². The van der Waals surface area contributed by atoms with Crippen LogP contribution in [-0.2, 0) is 4.79 Å². The number of aromatic nitrogens is 3. The Bertz CT molecular complexity index is 1180. The Hall–Kier alpha value is -3.51. The van der Waals surface area contributed by atoms with Gasteiger partial charge < -0.3 is 10.6 Å². The molecule has 1 amide bonds. The molecular weight excluding hydrogens is 362 g/mol. The molecule has 0 bridgehead atoms. The number of fused-ring (bicyclic) bond motifs is 2. The first-order valence-electron chi connectivity index (χ1n) is 8.17. The molecule has 0 aliphatic carbocycles. The molecule has 0 aliphatic rings. The van der Waals surface area contributed by atoms with Gasteiger partial charge in [0.2, 0.25) is 5.91 Å². The standard InChI is InChI=1S/C20H14ClN5O/c21-8-7-19(27)25-14-5-6-17-16(10-14)20(24-12-23-17)26-15-4-3-13-2-1-9-22-18(13)11-15/h1-12H,(H,25,27)(H,23,24,26). The fourth-order valence-corrected chi connectivity index (χ4v) is 2.87. The van der Waals surface area contributed by atoms with Crippen molar-refractivity contribution in [3.8, 4) is 0 Å². The van der Waals surface area contributed by atoms with Crippen LogP contribution >= 0.6 is 11.6 Å². The average Bonchev–Trinajstić information content (AvgIpc) is 2.68. The molecule has 2 N–H and O–H groups in total. The van der Waals surface area contributed by atoms with Gasteiger partial charge in [0.1, 0.15) is 12.1 Å². The minimum Gasteiger partial charge on any atom is -0.340 e. The highest BCUT2D eigenvalue weighted by atomic mass is 35.5. The van der Waals surface area contributed by atoms with E-state index in [1.165, 1.54) is 17.9 Å². The predicted octanol–water partition coefficient (Wildman–Crippen LogP) is 4.61. The summed E-state index contributed by atoms with van der Waals surface area (Å²) in [7, 11) is 0. The maximum absolute atomic E-state index is 11.7. The Morgan fingerprint density at radius 2 is 1.85 bits per heavy atom. The van der Waals surface area contributed by atoms with Crippen molar-refractivity contribution in [2.24, 2.45) is 0 Å². The largest absolute Gasteiger partial charge is 0.340 e. The van der Waals surface area contributed by atoms with E-state index in [2.05, 4.69) is 25.6 Å². The molecule has 0 unspecified atom stereocenters. The van der Waals surface area contributed by atoms with Crippen molar-refractivity contribution >= 4 is 56.5 Å². The van der Waals surface area contributed by atoms with E-state index >= 15 is 0 Å². The summed E-state index contributed by atoms with van der Waals surface area (Å²) in [5.74, 6) is 0.329. The number of carbonyl (C=O) groups excluding carboxylic acids is 1. The average molecular weight is 376 g/mol. The van der Waals surface area contributed by atoms with Crippen LogP contribution in [0.3, 0.4) is 0 Å². The topological polar surface area (TPSA) is 79.8 Å². The summed E-state index contributed by atoms with van der Waals surface area (Å²) in [5.41, 5.74) is 4.31. The monoisotopic (exact) mass is 375 g/mol. The van der Waals surface area contributed by atoms with Crippen LogP contribution in [-0.4, -0.2) is 20.9 Å². The molecule has 27 heavy (non-hydrogen) atoms. The quantitative estimate of drug-likeness (QED) is 0.509. The number of anilines is 3. The molecule has 2 aromatic heterocycles. The number of nitrogens with zero attached hydrogens (tertiary/aromatic N) is 3. The number of pyridine rings is 1. The third-order valence-electron chi connectivity index (χ3n) is 3.99. The van der Waals surface area contributed by atoms with Gasteiger partial charge in [-0.3, -0.25) is 9.78 Å². The molecule has 0 saturated carbocycles. The van der Waals surface area contributed by atoms with Crippen LogP contribution in [0, 0.1) is 0 Å². The number of benzene rings is 2. The van der Waals surface area contributed by atoms with Crippen molar-refractivity contribution in [1.29, 1.82) is 0 Å². The molecule has 4 rings (SSSR count). The van der Waals surface area contributed by atoms with Gasteiger partial charge in [0, 0.05) is 40.0 Å². The summed E-state index contributed by atoms with van der Waals surface area (Å²) in [4.78, 5) is 24.7. The smallest absolute Gasteiger partial charge is 0.249 e. The van der Waals surface area contributed by atoms with E-state index in [0.717, 1.165) is 27.5 Å². The van der Waals surface area contributed by atoms with E-state index in [-0.39, 0.29) is 5.91 Å². The van der Waals surface area contributed by atoms with Crippen LogP contribution in [0.25, 0.3) is 21.8 Å². The van der Waals surface area contributed by atoms with Gasteiger partial charge >= 0.3 is 0 Å². The van der Waals surface area contributed by atoms with Crippen molar-refractivity contribution in [2.75, 3.05) is 10.6 Å². The van der Waals surface area contributed by atoms with Gasteiger partial charge in [-0.25, -0.2) is 9.97 Å². The lowest BCUT2D eigenvalue weighted by Crippen LogP contribution is -2.07. The normalized spacial score (nSPS) is 11.1. The number of carbonyl (C=O) groups is 1. The summed E-state index contributed by atoms with van der Waals surface area (Å²) in [6, 6.07) is 15.3. The summed E-state index contributed by atoms with van der Waals surface area (Å²) < 4.78 is 0. The number of hydrogen-bond donors (Lipinski definition) is 2. The maximum atomic E-state index is 11.7. The second-order valence-electron chi connectivity index (χ2n) is 5.77. The second-order valence-corrected chi connectivity index (χ2v) is 6.02. The minimum atomic E-state index is -0.309. The summed E-state index contributed by atoms with van der Waals surface area (Å²) in [5, 5.41) is 7.90. The maximum Gasteiger partial charge on any atom is 0.249 e. The highest BCUT2D eigenvalue weighted by Crippen LogP contribution is 2.27. The number of amides is 1. The zero-order chi connectivity index (χ0) is 18.6. The molecule has 0 fully saturated rings. The Kier molecular flexibility index (Phi) is 4.63. The first-order valence-corrected chi connectivity index (χ1v) is 8.61. The molecule has 6 nitrogen and oxygen atoms in total. The van der Waals surface area contributed by atoms with E-state index in [9.17, 15) is 4.79 Å². The van der Waals surface area contributed by atoms with Gasteiger partial charge in [-0.15, -0.1) is 0 Å². The molecule has 0 saturated heterocycles. The van der Waals surface area contributed by atoms with Crippen LogP contribution < -0.4 is 10.6 Å². The molecule has 4 aromatic rings. The fourth-order valence-electron chi connectivity index (χ4n) is 2.76. The molecule has 2 heterocycles. The lowest BCUT2D eigenvalue weighted by molar-refractivity contribution is -0.111. The third kappa shape index (κ3) is 3.70. The van der Waals surface area contributed by atoms with Gasteiger partial charge in [0.25, 0.3) is 0 Å². The number of halogens is 1. The summed E-state index contributed by atoms with van der Waals surface area (Å²) >= 11 is 5.44. The van der Waals surface area contributed by atoms with Gasteiger partial charge in [-0.05, 0) is 36.4 Å². The summed E-state index contributed by atoms with van der Waals surface area (Å²) in [6.07, 6.45) is 4.50. The summed E-state index contributed by atoms with van der Waals surface area (Å²) in [6.45, 7) is 0. The highest BCUT2D eigenvalue weighted by molar-refractivity contribution is 6.27. The van der Waals surface area contributed by atoms with E-state index in [1.807, 2.05) is 42.5 Å². The van der Waals surface area contributed by atoms with Crippen LogP contribution in [0.5, 0.6) is 0 Å². The van der Waals surface area contributed by atoms with Gasteiger partial charge in [-0.2, -0.15) is 0 Å². The first kappa shape index (κ1) is 16.9. The molecule has 0 radical (unpaired) electrons. The van der Waals surface area contributed by atoms with Crippen LogP contribution in [0.1, 0.15) is 0 Å². The van der Waals surface area contributed by atoms with Crippen molar-refractivity contribution in [3.05, 3.63) is 72.7 Å². The van der Waals surface area contributed by atoms with Crippen LogP contribution in [0.15, 0.2) is 72.7 Å². The van der Waals surface area contributed by atoms with E-state index in [0.29, 0.717) is 11.5 Å². The number of nitrogens with one attached hydrogen (secondary N) is 2. The molecule has 132 valence electrons. The van der Waals surface area contributed by atoms with E-state index in [4.69, 9.17) is 11.6 Å². The van der Waals surface area contributed by atoms with Crippen molar-refractivity contribution in [2.45, 2.75) is 0 Å². The zero-order valence-electron chi connectivity index (χ0n) is 14.1. The predicted molar refractivity (Wildman–Crippen MR) is 108 cm³/mol. The minimum absolute atomic E-state index is 0.309. The van der Waals surface area contributed by atoms with Crippen molar-refractivity contribution in [3.63, 3.8) is 0 Å². The van der Waals surface area contributed by atoms with Gasteiger partial charge in [-0.1, -0.05) is 23.7 Å². The van der Waals surface area contributed by atoms with Crippen molar-refractivity contribution in [1.82, 2.24) is 15.0 Å². The van der Waals surface area contributed by atoms with Crippen LogP contribution in [0.4, 0.5) is 17.2 Å². The molecule has 7 heteroatoms.